The maximum Gasteiger partial charge on any atom is 0.469 e. The van der Waals surface area contributed by atoms with E-state index in [0.29, 0.717) is 0 Å². The second kappa shape index (κ2) is 6.42. The number of hydrogen-bond acceptors (Lipinski definition) is 8. The van der Waals surface area contributed by atoms with Crippen molar-refractivity contribution in [1.82, 2.24) is 9.55 Å². The van der Waals surface area contributed by atoms with Crippen LogP contribution in [0.25, 0.3) is 0 Å². The molecule has 11 nitrogen and oxygen atoms in total. The SMILES string of the molecule is CO[C@H]1[C@@H](O)[C@H](COP(=O)(O)O)O[C@@H]1n1ccc(N)nc1=O. The van der Waals surface area contributed by atoms with E-state index in [-0.39, 0.29) is 5.82 Å². The van der Waals surface area contributed by atoms with Gasteiger partial charge in [-0.3, -0.25) is 9.09 Å². The molecule has 2 heterocycles. The molecule has 1 saturated heterocycles. The van der Waals surface area contributed by atoms with E-state index in [1.54, 1.807) is 0 Å². The third kappa shape index (κ3) is 3.70. The predicted octanol–water partition coefficient (Wildman–Crippen LogP) is -1.79. The second-order valence-corrected chi connectivity index (χ2v) is 5.82. The van der Waals surface area contributed by atoms with Gasteiger partial charge in [0.15, 0.2) is 6.23 Å². The number of methoxy groups -OCH3 is 1. The highest BCUT2D eigenvalue weighted by Gasteiger charge is 2.46. The van der Waals surface area contributed by atoms with Crippen molar-refractivity contribution in [2.45, 2.75) is 24.5 Å². The van der Waals surface area contributed by atoms with Gasteiger partial charge in [-0.25, -0.2) is 9.36 Å². The summed E-state index contributed by atoms with van der Waals surface area (Å²) in [6.07, 6.45) is -3.02. The van der Waals surface area contributed by atoms with Gasteiger partial charge in [0.1, 0.15) is 24.1 Å². The standard InChI is InChI=1S/C10H16N3O8P/c1-19-8-7(14)5(4-20-22(16,17)18)21-9(8)13-3-2-6(11)12-10(13)15/h2-3,5,7-9,14H,4H2,1H3,(H2,11,12,15)(H2,16,17,18)/t5-,7-,8-,9-/m0/s1. The van der Waals surface area contributed by atoms with Crippen LogP contribution in [0, 0.1) is 0 Å². The number of aliphatic hydroxyl groups is 1. The Bertz CT molecular complexity index is 631. The molecule has 1 fully saturated rings. The first kappa shape index (κ1) is 17.0. The Morgan fingerprint density at radius 3 is 2.77 bits per heavy atom. The molecule has 4 atom stereocenters. The van der Waals surface area contributed by atoms with Crippen molar-refractivity contribution in [3.05, 3.63) is 22.7 Å². The Hall–Kier alpha value is -1.33. The van der Waals surface area contributed by atoms with E-state index >= 15 is 0 Å². The lowest BCUT2D eigenvalue weighted by Gasteiger charge is -2.20. The first-order valence-corrected chi connectivity index (χ1v) is 7.67. The van der Waals surface area contributed by atoms with E-state index in [2.05, 4.69) is 9.51 Å². The maximum atomic E-state index is 11.8. The predicted molar refractivity (Wildman–Crippen MR) is 71.6 cm³/mol. The van der Waals surface area contributed by atoms with E-state index in [1.165, 1.54) is 19.4 Å². The van der Waals surface area contributed by atoms with Gasteiger partial charge in [-0.05, 0) is 6.07 Å². The molecular weight excluding hydrogens is 321 g/mol. The number of hydrogen-bond donors (Lipinski definition) is 4. The summed E-state index contributed by atoms with van der Waals surface area (Å²) >= 11 is 0. The molecule has 1 aromatic heterocycles. The molecule has 1 aliphatic heterocycles. The lowest BCUT2D eigenvalue weighted by Crippen LogP contribution is -2.37. The fourth-order valence-corrected chi connectivity index (χ4v) is 2.47. The van der Waals surface area contributed by atoms with Crippen molar-refractivity contribution in [2.75, 3.05) is 19.5 Å². The van der Waals surface area contributed by atoms with Gasteiger partial charge in [-0.15, -0.1) is 0 Å². The average Bonchev–Trinajstić information content (AvgIpc) is 2.72. The van der Waals surface area contributed by atoms with Crippen molar-refractivity contribution in [2.24, 2.45) is 0 Å². The van der Waals surface area contributed by atoms with E-state index < -0.39 is 44.7 Å². The zero-order valence-electron chi connectivity index (χ0n) is 11.5. The highest BCUT2D eigenvalue weighted by molar-refractivity contribution is 7.46. The average molecular weight is 337 g/mol. The summed E-state index contributed by atoms with van der Waals surface area (Å²) in [6.45, 7) is -0.570. The molecule has 12 heteroatoms. The van der Waals surface area contributed by atoms with Gasteiger partial charge in [-0.2, -0.15) is 4.98 Å². The lowest BCUT2D eigenvalue weighted by atomic mass is 10.1. The van der Waals surface area contributed by atoms with Crippen molar-refractivity contribution in [1.29, 1.82) is 0 Å². The molecule has 1 aliphatic rings. The number of phosphoric acid groups is 1. The molecule has 2 rings (SSSR count). The summed E-state index contributed by atoms with van der Waals surface area (Å²) in [4.78, 5) is 32.7. The Balaban J connectivity index is 2.21. The monoisotopic (exact) mass is 337 g/mol. The zero-order valence-corrected chi connectivity index (χ0v) is 12.4. The first-order valence-electron chi connectivity index (χ1n) is 6.14. The van der Waals surface area contributed by atoms with Crippen LogP contribution >= 0.6 is 7.82 Å². The largest absolute Gasteiger partial charge is 0.469 e. The normalized spacial score (nSPS) is 28.9. The van der Waals surface area contributed by atoms with Gasteiger partial charge >= 0.3 is 13.5 Å². The molecule has 0 amide bonds. The summed E-state index contributed by atoms with van der Waals surface area (Å²) < 4.78 is 26.6. The number of rotatable bonds is 5. The number of nitrogen functional groups attached to an aromatic ring is 1. The van der Waals surface area contributed by atoms with Crippen LogP contribution in [0.3, 0.4) is 0 Å². The molecule has 5 N–H and O–H groups in total. The quantitative estimate of drug-likeness (QED) is 0.450. The molecule has 0 spiro atoms. The van der Waals surface area contributed by atoms with Crippen LogP contribution in [-0.2, 0) is 18.6 Å². The van der Waals surface area contributed by atoms with Gasteiger partial charge in [0.2, 0.25) is 0 Å². The zero-order chi connectivity index (χ0) is 16.5. The minimum Gasteiger partial charge on any atom is -0.387 e. The second-order valence-electron chi connectivity index (χ2n) is 4.58. The molecule has 0 bridgehead atoms. The minimum absolute atomic E-state index is 0.0233. The van der Waals surface area contributed by atoms with E-state index in [9.17, 15) is 14.5 Å². The number of aliphatic hydroxyl groups excluding tert-OH is 1. The molecule has 0 radical (unpaired) electrons. The highest BCUT2D eigenvalue weighted by atomic mass is 31.2. The van der Waals surface area contributed by atoms with Gasteiger partial charge in [0.25, 0.3) is 0 Å². The molecule has 22 heavy (non-hydrogen) atoms. The fraction of sp³-hybridized carbons (Fsp3) is 0.600. The Morgan fingerprint density at radius 1 is 1.55 bits per heavy atom. The Kier molecular flexibility index (Phi) is 4.97. The van der Waals surface area contributed by atoms with Gasteiger partial charge in [-0.1, -0.05) is 0 Å². The summed E-state index contributed by atoms with van der Waals surface area (Å²) in [5.74, 6) is 0.0233. The number of phosphoric ester groups is 1. The topological polar surface area (TPSA) is 166 Å². The number of anilines is 1. The Labute approximate surface area is 124 Å². The molecule has 0 unspecified atom stereocenters. The van der Waals surface area contributed by atoms with Crippen molar-refractivity contribution in [3.8, 4) is 0 Å². The maximum absolute atomic E-state index is 11.8. The van der Waals surface area contributed by atoms with Crippen LogP contribution in [-0.4, -0.2) is 56.5 Å². The van der Waals surface area contributed by atoms with Crippen molar-refractivity contribution >= 4 is 13.6 Å². The molecule has 0 aromatic carbocycles. The number of ether oxygens (including phenoxy) is 2. The fourth-order valence-electron chi connectivity index (χ4n) is 2.12. The minimum atomic E-state index is -4.71. The summed E-state index contributed by atoms with van der Waals surface area (Å²) in [7, 11) is -3.41. The smallest absolute Gasteiger partial charge is 0.387 e. The molecule has 0 aliphatic carbocycles. The third-order valence-corrected chi connectivity index (χ3v) is 3.60. The lowest BCUT2D eigenvalue weighted by molar-refractivity contribution is -0.0619. The van der Waals surface area contributed by atoms with Crippen molar-refractivity contribution in [3.63, 3.8) is 0 Å². The third-order valence-electron chi connectivity index (χ3n) is 3.12. The first-order chi connectivity index (χ1) is 10.2. The van der Waals surface area contributed by atoms with Crippen LogP contribution in [0.5, 0.6) is 0 Å². The number of aromatic nitrogens is 2. The highest BCUT2D eigenvalue weighted by Crippen LogP contribution is 2.38. The van der Waals surface area contributed by atoms with Crippen molar-refractivity contribution < 1.29 is 33.5 Å². The molecule has 1 aromatic rings. The van der Waals surface area contributed by atoms with Crippen LogP contribution in [0.15, 0.2) is 17.1 Å². The number of nitrogens with two attached hydrogens (primary N) is 1. The van der Waals surface area contributed by atoms with Crippen LogP contribution < -0.4 is 11.4 Å². The molecule has 0 saturated carbocycles. The van der Waals surface area contributed by atoms with Crippen LogP contribution in [0.2, 0.25) is 0 Å². The van der Waals surface area contributed by atoms with Crippen LogP contribution in [0.1, 0.15) is 6.23 Å². The van der Waals surface area contributed by atoms with E-state index in [1.807, 2.05) is 0 Å². The van der Waals surface area contributed by atoms with E-state index in [4.69, 9.17) is 25.0 Å². The molecular formula is C10H16N3O8P. The van der Waals surface area contributed by atoms with Gasteiger partial charge in [0.05, 0.1) is 6.61 Å². The Morgan fingerprint density at radius 2 is 2.23 bits per heavy atom. The number of nitrogens with zero attached hydrogens (tertiary/aromatic N) is 2. The summed E-state index contributed by atoms with van der Waals surface area (Å²) in [6, 6.07) is 1.36. The summed E-state index contributed by atoms with van der Waals surface area (Å²) in [5, 5.41) is 10.1. The van der Waals surface area contributed by atoms with Gasteiger partial charge in [0, 0.05) is 13.3 Å². The van der Waals surface area contributed by atoms with Crippen LogP contribution in [0.4, 0.5) is 5.82 Å². The summed E-state index contributed by atoms with van der Waals surface area (Å²) in [5.41, 5.74) is 4.68. The van der Waals surface area contributed by atoms with E-state index in [0.717, 1.165) is 4.57 Å². The van der Waals surface area contributed by atoms with Gasteiger partial charge < -0.3 is 30.1 Å². The molecule has 124 valence electrons.